The van der Waals surface area contributed by atoms with E-state index in [1.807, 2.05) is 24.9 Å². The molecule has 0 spiro atoms. The van der Waals surface area contributed by atoms with Crippen molar-refractivity contribution in [3.63, 3.8) is 0 Å². The molecule has 1 saturated heterocycles. The van der Waals surface area contributed by atoms with Crippen LogP contribution in [0.3, 0.4) is 0 Å². The summed E-state index contributed by atoms with van der Waals surface area (Å²) in [6.07, 6.45) is 2.50. The first kappa shape index (κ1) is 14.3. The highest BCUT2D eigenvalue weighted by molar-refractivity contribution is 7.99. The van der Waals surface area contributed by atoms with Crippen molar-refractivity contribution in [2.75, 3.05) is 24.3 Å². The Morgan fingerprint density at radius 3 is 2.67 bits per heavy atom. The third-order valence-electron chi connectivity index (χ3n) is 4.11. The Balaban J connectivity index is 2.00. The minimum atomic E-state index is 0.650. The lowest BCUT2D eigenvalue weighted by Crippen LogP contribution is -2.08. The fourth-order valence-corrected chi connectivity index (χ4v) is 3.93. The maximum absolute atomic E-state index is 5.91. The van der Waals surface area contributed by atoms with Crippen molar-refractivity contribution in [3.8, 4) is 17.0 Å². The van der Waals surface area contributed by atoms with Crippen LogP contribution >= 0.6 is 11.8 Å². The summed E-state index contributed by atoms with van der Waals surface area (Å²) < 4.78 is 7.19. The summed E-state index contributed by atoms with van der Waals surface area (Å²) >= 11 is 2.05. The lowest BCUT2D eigenvalue weighted by Gasteiger charge is -2.22. The Kier molecular flexibility index (Phi) is 4.10. The number of hydrogen-bond acceptors (Lipinski definition) is 4. The molecular weight excluding hydrogens is 282 g/mol. The Hall–Kier alpha value is -1.62. The first-order valence-corrected chi connectivity index (χ1v) is 8.40. The maximum Gasteiger partial charge on any atom is 0.128 e. The van der Waals surface area contributed by atoms with Gasteiger partial charge in [-0.15, -0.1) is 0 Å². The fourth-order valence-electron chi connectivity index (χ4n) is 2.82. The molecule has 5 heteroatoms. The average Bonchev–Trinajstić information content (AvgIpc) is 2.87. The molecule has 0 aliphatic carbocycles. The van der Waals surface area contributed by atoms with Crippen molar-refractivity contribution in [3.05, 3.63) is 29.8 Å². The molecule has 1 aliphatic heterocycles. The number of nitrogens with two attached hydrogens (primary N) is 1. The molecular formula is C16H21N3OS. The van der Waals surface area contributed by atoms with Gasteiger partial charge < -0.3 is 10.5 Å². The predicted molar refractivity (Wildman–Crippen MR) is 88.9 cm³/mol. The quantitative estimate of drug-likeness (QED) is 0.945. The number of nitrogens with zero attached hydrogens (tertiary/aromatic N) is 2. The minimum absolute atomic E-state index is 0.650. The molecule has 2 N–H and O–H groups in total. The molecule has 0 unspecified atom stereocenters. The van der Waals surface area contributed by atoms with Crippen LogP contribution in [0, 0.1) is 0 Å². The Bertz CT molecular complexity index is 613. The van der Waals surface area contributed by atoms with Crippen molar-refractivity contribution in [1.29, 1.82) is 0 Å². The largest absolute Gasteiger partial charge is 0.496 e. The molecule has 0 atom stereocenters. The van der Waals surface area contributed by atoms with E-state index in [4.69, 9.17) is 10.5 Å². The summed E-state index contributed by atoms with van der Waals surface area (Å²) in [4.78, 5) is 0. The molecule has 112 valence electrons. The van der Waals surface area contributed by atoms with Crippen LogP contribution in [0.2, 0.25) is 0 Å². The molecule has 2 aromatic rings. The summed E-state index contributed by atoms with van der Waals surface area (Å²) in [5, 5.41) is 4.48. The normalized spacial score (nSPS) is 16.1. The smallest absolute Gasteiger partial charge is 0.128 e. The topological polar surface area (TPSA) is 53.1 Å². The molecule has 2 heterocycles. The van der Waals surface area contributed by atoms with Crippen molar-refractivity contribution in [1.82, 2.24) is 9.78 Å². The predicted octanol–water partition coefficient (Wildman–Crippen LogP) is 3.29. The second-order valence-electron chi connectivity index (χ2n) is 5.42. The van der Waals surface area contributed by atoms with E-state index in [2.05, 4.69) is 23.3 Å². The van der Waals surface area contributed by atoms with Crippen molar-refractivity contribution in [2.24, 2.45) is 7.05 Å². The Morgan fingerprint density at radius 1 is 1.29 bits per heavy atom. The van der Waals surface area contributed by atoms with Gasteiger partial charge in [-0.05, 0) is 48.0 Å². The fraction of sp³-hybridized carbons (Fsp3) is 0.438. The summed E-state index contributed by atoms with van der Waals surface area (Å²) in [5.74, 6) is 4.66. The standard InChI is InChI=1S/C16H21N3OS/c1-19-16(17)10-14(18-19)13-9-12(3-4-15(13)20-2)11-5-7-21-8-6-11/h3-4,9-11H,5-8,17H2,1-2H3. The monoisotopic (exact) mass is 303 g/mol. The van der Waals surface area contributed by atoms with Crippen LogP contribution < -0.4 is 10.5 Å². The number of ether oxygens (including phenoxy) is 1. The zero-order chi connectivity index (χ0) is 14.8. The number of rotatable bonds is 3. The van der Waals surface area contributed by atoms with Gasteiger partial charge in [-0.2, -0.15) is 16.9 Å². The van der Waals surface area contributed by atoms with Gasteiger partial charge in [0.25, 0.3) is 0 Å². The molecule has 0 saturated carbocycles. The third kappa shape index (κ3) is 2.88. The van der Waals surface area contributed by atoms with E-state index in [0.717, 1.165) is 17.0 Å². The number of methoxy groups -OCH3 is 1. The SMILES string of the molecule is COc1ccc(C2CCSCC2)cc1-c1cc(N)n(C)n1. The highest BCUT2D eigenvalue weighted by atomic mass is 32.2. The zero-order valence-electron chi connectivity index (χ0n) is 12.5. The van der Waals surface area contributed by atoms with Crippen LogP contribution in [0.25, 0.3) is 11.3 Å². The maximum atomic E-state index is 5.91. The summed E-state index contributed by atoms with van der Waals surface area (Å²) in [6.45, 7) is 0. The first-order valence-electron chi connectivity index (χ1n) is 7.24. The summed E-state index contributed by atoms with van der Waals surface area (Å²) in [6, 6.07) is 8.37. The molecule has 1 aromatic heterocycles. The number of benzene rings is 1. The molecule has 4 nitrogen and oxygen atoms in total. The van der Waals surface area contributed by atoms with Gasteiger partial charge in [0.05, 0.1) is 12.8 Å². The highest BCUT2D eigenvalue weighted by Gasteiger charge is 2.18. The Labute approximate surface area is 129 Å². The van der Waals surface area contributed by atoms with Crippen LogP contribution in [0.1, 0.15) is 24.3 Å². The van der Waals surface area contributed by atoms with Gasteiger partial charge in [0.2, 0.25) is 0 Å². The number of aromatic nitrogens is 2. The summed E-state index contributed by atoms with van der Waals surface area (Å²) in [7, 11) is 3.55. The number of aryl methyl sites for hydroxylation is 1. The van der Waals surface area contributed by atoms with Gasteiger partial charge in [0.1, 0.15) is 11.6 Å². The first-order chi connectivity index (χ1) is 10.2. The van der Waals surface area contributed by atoms with Gasteiger partial charge in [0.15, 0.2) is 0 Å². The molecule has 1 fully saturated rings. The van der Waals surface area contributed by atoms with Gasteiger partial charge >= 0.3 is 0 Å². The number of anilines is 1. The van der Waals surface area contributed by atoms with Crippen LogP contribution in [-0.2, 0) is 7.05 Å². The van der Waals surface area contributed by atoms with Gasteiger partial charge in [-0.1, -0.05) is 6.07 Å². The summed E-state index contributed by atoms with van der Waals surface area (Å²) in [5.41, 5.74) is 9.19. The minimum Gasteiger partial charge on any atom is -0.496 e. The lowest BCUT2D eigenvalue weighted by molar-refractivity contribution is 0.416. The van der Waals surface area contributed by atoms with Crippen LogP contribution in [0.4, 0.5) is 5.82 Å². The van der Waals surface area contributed by atoms with E-state index in [0.29, 0.717) is 11.7 Å². The molecule has 0 amide bonds. The lowest BCUT2D eigenvalue weighted by atomic mass is 9.91. The molecule has 1 aromatic carbocycles. The van der Waals surface area contributed by atoms with Crippen LogP contribution in [0.15, 0.2) is 24.3 Å². The van der Waals surface area contributed by atoms with Crippen molar-refractivity contribution < 1.29 is 4.74 Å². The van der Waals surface area contributed by atoms with E-state index < -0.39 is 0 Å². The molecule has 1 aliphatic rings. The zero-order valence-corrected chi connectivity index (χ0v) is 13.3. The van der Waals surface area contributed by atoms with Crippen molar-refractivity contribution in [2.45, 2.75) is 18.8 Å². The number of nitrogen functional groups attached to an aromatic ring is 1. The van der Waals surface area contributed by atoms with E-state index >= 15 is 0 Å². The van der Waals surface area contributed by atoms with E-state index in [9.17, 15) is 0 Å². The average molecular weight is 303 g/mol. The van der Waals surface area contributed by atoms with Crippen LogP contribution in [0.5, 0.6) is 5.75 Å². The highest BCUT2D eigenvalue weighted by Crippen LogP contribution is 2.37. The van der Waals surface area contributed by atoms with Gasteiger partial charge in [-0.3, -0.25) is 4.68 Å². The van der Waals surface area contributed by atoms with Crippen LogP contribution in [-0.4, -0.2) is 28.4 Å². The Morgan fingerprint density at radius 2 is 2.05 bits per heavy atom. The molecule has 0 radical (unpaired) electrons. The second-order valence-corrected chi connectivity index (χ2v) is 6.65. The van der Waals surface area contributed by atoms with Crippen molar-refractivity contribution >= 4 is 17.6 Å². The van der Waals surface area contributed by atoms with Gasteiger partial charge in [0, 0.05) is 18.7 Å². The van der Waals surface area contributed by atoms with E-state index in [1.165, 1.54) is 29.9 Å². The van der Waals surface area contributed by atoms with Gasteiger partial charge in [-0.25, -0.2) is 0 Å². The molecule has 3 rings (SSSR count). The number of thioether (sulfide) groups is 1. The van der Waals surface area contributed by atoms with E-state index in [-0.39, 0.29) is 0 Å². The molecule has 21 heavy (non-hydrogen) atoms. The van der Waals surface area contributed by atoms with E-state index in [1.54, 1.807) is 11.8 Å². The molecule has 0 bridgehead atoms. The second kappa shape index (κ2) is 6.02. The third-order valence-corrected chi connectivity index (χ3v) is 5.16. The number of hydrogen-bond donors (Lipinski definition) is 1.